The molecule has 6 heteroatoms. The van der Waals surface area contributed by atoms with Crippen LogP contribution in [0.1, 0.15) is 0 Å². The fourth-order valence-electron chi connectivity index (χ4n) is 1.79. The summed E-state index contributed by atoms with van der Waals surface area (Å²) in [7, 11) is 3.99. The highest BCUT2D eigenvalue weighted by Gasteiger charge is 2.08. The maximum Gasteiger partial charge on any atom is 0.157 e. The van der Waals surface area contributed by atoms with Crippen molar-refractivity contribution in [1.29, 1.82) is 0 Å². The van der Waals surface area contributed by atoms with E-state index in [2.05, 4.69) is 15.2 Å². The highest BCUT2D eigenvalue weighted by atomic mass is 15.3. The lowest BCUT2D eigenvalue weighted by molar-refractivity contribution is 0.802. The first-order chi connectivity index (χ1) is 9.24. The van der Waals surface area contributed by atoms with Crippen molar-refractivity contribution in [2.75, 3.05) is 19.0 Å². The average molecular weight is 254 g/mol. The van der Waals surface area contributed by atoms with Gasteiger partial charge in [-0.1, -0.05) is 0 Å². The SMILES string of the molecule is CN(C)c1cc(-n2cccn2)nc(-n2cccn2)c1. The first kappa shape index (κ1) is 11.5. The Morgan fingerprint density at radius 2 is 1.42 bits per heavy atom. The molecule has 0 aromatic carbocycles. The Hall–Kier alpha value is -2.63. The predicted octanol–water partition coefficient (Wildman–Crippen LogP) is 1.52. The van der Waals surface area contributed by atoms with Crippen LogP contribution in [0.2, 0.25) is 0 Å². The molecule has 0 unspecified atom stereocenters. The molecule has 0 aliphatic heterocycles. The summed E-state index contributed by atoms with van der Waals surface area (Å²) in [6, 6.07) is 7.72. The lowest BCUT2D eigenvalue weighted by atomic mass is 10.3. The second kappa shape index (κ2) is 4.56. The number of pyridine rings is 1. The molecule has 0 amide bonds. The predicted molar refractivity (Wildman–Crippen MR) is 72.8 cm³/mol. The van der Waals surface area contributed by atoms with E-state index < -0.39 is 0 Å². The van der Waals surface area contributed by atoms with Crippen LogP contribution < -0.4 is 4.90 Å². The van der Waals surface area contributed by atoms with Crippen molar-refractivity contribution in [3.63, 3.8) is 0 Å². The molecule has 3 rings (SSSR count). The molecule has 3 aromatic rings. The lowest BCUT2D eigenvalue weighted by Crippen LogP contribution is -2.12. The molecule has 0 spiro atoms. The maximum absolute atomic E-state index is 4.58. The molecule has 0 bridgehead atoms. The Bertz CT molecular complexity index is 602. The van der Waals surface area contributed by atoms with Crippen LogP contribution in [-0.4, -0.2) is 38.6 Å². The van der Waals surface area contributed by atoms with Crippen molar-refractivity contribution in [1.82, 2.24) is 24.5 Å². The van der Waals surface area contributed by atoms with Crippen molar-refractivity contribution >= 4 is 5.69 Å². The number of rotatable bonds is 3. The number of nitrogens with zero attached hydrogens (tertiary/aromatic N) is 6. The highest BCUT2D eigenvalue weighted by molar-refractivity contribution is 5.53. The van der Waals surface area contributed by atoms with Gasteiger partial charge in [0.25, 0.3) is 0 Å². The first-order valence-corrected chi connectivity index (χ1v) is 5.93. The molecule has 19 heavy (non-hydrogen) atoms. The third kappa shape index (κ3) is 2.20. The number of hydrogen-bond acceptors (Lipinski definition) is 4. The van der Waals surface area contributed by atoms with Gasteiger partial charge in [0.05, 0.1) is 0 Å². The van der Waals surface area contributed by atoms with Crippen LogP contribution in [0, 0.1) is 0 Å². The molecule has 0 fully saturated rings. The van der Waals surface area contributed by atoms with Crippen molar-refractivity contribution in [3.8, 4) is 11.6 Å². The van der Waals surface area contributed by atoms with Crippen molar-refractivity contribution in [3.05, 3.63) is 49.1 Å². The summed E-state index contributed by atoms with van der Waals surface area (Å²) < 4.78 is 3.47. The molecule has 3 aromatic heterocycles. The van der Waals surface area contributed by atoms with E-state index in [1.165, 1.54) is 0 Å². The van der Waals surface area contributed by atoms with Crippen LogP contribution >= 0.6 is 0 Å². The summed E-state index contributed by atoms with van der Waals surface area (Å²) in [5.41, 5.74) is 1.05. The summed E-state index contributed by atoms with van der Waals surface area (Å²) in [4.78, 5) is 6.60. The largest absolute Gasteiger partial charge is 0.377 e. The van der Waals surface area contributed by atoms with Gasteiger partial charge in [-0.05, 0) is 12.1 Å². The fourth-order valence-corrected chi connectivity index (χ4v) is 1.79. The molecule has 0 atom stereocenters. The number of anilines is 1. The van der Waals surface area contributed by atoms with Crippen molar-refractivity contribution < 1.29 is 0 Å². The van der Waals surface area contributed by atoms with E-state index in [1.54, 1.807) is 21.8 Å². The van der Waals surface area contributed by atoms with Gasteiger partial charge < -0.3 is 4.90 Å². The summed E-state index contributed by atoms with van der Waals surface area (Å²) in [5.74, 6) is 1.53. The normalized spacial score (nSPS) is 10.6. The number of hydrogen-bond donors (Lipinski definition) is 0. The molecule has 96 valence electrons. The third-order valence-corrected chi connectivity index (χ3v) is 2.78. The molecular weight excluding hydrogens is 240 g/mol. The minimum atomic E-state index is 0.765. The maximum atomic E-state index is 4.58. The zero-order valence-electron chi connectivity index (χ0n) is 10.8. The Balaban J connectivity index is 2.15. The molecule has 3 heterocycles. The van der Waals surface area contributed by atoms with E-state index in [0.29, 0.717) is 0 Å². The zero-order chi connectivity index (χ0) is 13.2. The topological polar surface area (TPSA) is 51.8 Å². The van der Waals surface area contributed by atoms with Gasteiger partial charge in [0.2, 0.25) is 0 Å². The van der Waals surface area contributed by atoms with E-state index in [4.69, 9.17) is 0 Å². The van der Waals surface area contributed by atoms with Crippen LogP contribution in [0.3, 0.4) is 0 Å². The van der Waals surface area contributed by atoms with Crippen LogP contribution in [0.4, 0.5) is 5.69 Å². The van der Waals surface area contributed by atoms with E-state index in [-0.39, 0.29) is 0 Å². The summed E-state index contributed by atoms with van der Waals surface area (Å²) in [6.45, 7) is 0. The second-order valence-electron chi connectivity index (χ2n) is 4.34. The van der Waals surface area contributed by atoms with E-state index >= 15 is 0 Å². The van der Waals surface area contributed by atoms with E-state index in [0.717, 1.165) is 17.3 Å². The third-order valence-electron chi connectivity index (χ3n) is 2.78. The molecule has 0 saturated carbocycles. The Morgan fingerprint density at radius 1 is 0.895 bits per heavy atom. The minimum Gasteiger partial charge on any atom is -0.377 e. The fraction of sp³-hybridized carbons (Fsp3) is 0.154. The average Bonchev–Trinajstić information content (AvgIpc) is 3.11. The van der Waals surface area contributed by atoms with Crippen LogP contribution in [-0.2, 0) is 0 Å². The standard InChI is InChI=1S/C13H14N6/c1-17(2)11-9-12(18-7-3-5-14-18)16-13(10-11)19-8-4-6-15-19/h3-10H,1-2H3. The van der Waals surface area contributed by atoms with Gasteiger partial charge in [-0.2, -0.15) is 10.2 Å². The van der Waals surface area contributed by atoms with Gasteiger partial charge in [0, 0.05) is 56.7 Å². The van der Waals surface area contributed by atoms with Gasteiger partial charge in [0.15, 0.2) is 11.6 Å². The van der Waals surface area contributed by atoms with E-state index in [9.17, 15) is 0 Å². The van der Waals surface area contributed by atoms with Crippen LogP contribution in [0.25, 0.3) is 11.6 Å². The van der Waals surface area contributed by atoms with Gasteiger partial charge in [-0.15, -0.1) is 0 Å². The summed E-state index contributed by atoms with van der Waals surface area (Å²) >= 11 is 0. The lowest BCUT2D eigenvalue weighted by Gasteiger charge is -2.15. The molecule has 0 radical (unpaired) electrons. The molecular formula is C13H14N6. The molecule has 6 nitrogen and oxygen atoms in total. The summed E-state index contributed by atoms with van der Waals surface area (Å²) in [6.07, 6.45) is 7.21. The van der Waals surface area contributed by atoms with Crippen LogP contribution in [0.5, 0.6) is 0 Å². The van der Waals surface area contributed by atoms with Crippen LogP contribution in [0.15, 0.2) is 49.1 Å². The zero-order valence-corrected chi connectivity index (χ0v) is 10.8. The Labute approximate surface area is 110 Å². The van der Waals surface area contributed by atoms with Crippen molar-refractivity contribution in [2.24, 2.45) is 0 Å². The molecule has 0 saturated heterocycles. The molecule has 0 aliphatic rings. The highest BCUT2D eigenvalue weighted by Crippen LogP contribution is 2.18. The van der Waals surface area contributed by atoms with Gasteiger partial charge in [-0.3, -0.25) is 0 Å². The number of aromatic nitrogens is 5. The van der Waals surface area contributed by atoms with Gasteiger partial charge in [-0.25, -0.2) is 14.3 Å². The molecule has 0 N–H and O–H groups in total. The molecule has 0 aliphatic carbocycles. The summed E-state index contributed by atoms with van der Waals surface area (Å²) in [5, 5.41) is 8.43. The first-order valence-electron chi connectivity index (χ1n) is 5.93. The smallest absolute Gasteiger partial charge is 0.157 e. The van der Waals surface area contributed by atoms with Gasteiger partial charge in [0.1, 0.15) is 0 Å². The Kier molecular flexibility index (Phi) is 2.75. The monoisotopic (exact) mass is 254 g/mol. The van der Waals surface area contributed by atoms with E-state index in [1.807, 2.05) is 55.7 Å². The van der Waals surface area contributed by atoms with Crippen molar-refractivity contribution in [2.45, 2.75) is 0 Å². The quantitative estimate of drug-likeness (QED) is 0.711. The van der Waals surface area contributed by atoms with Gasteiger partial charge >= 0.3 is 0 Å². The Morgan fingerprint density at radius 3 is 1.79 bits per heavy atom. The minimum absolute atomic E-state index is 0.765. The second-order valence-corrected chi connectivity index (χ2v) is 4.34.